The highest BCUT2D eigenvalue weighted by molar-refractivity contribution is 5.81. The predicted molar refractivity (Wildman–Crippen MR) is 152 cm³/mol. The van der Waals surface area contributed by atoms with Crippen LogP contribution in [0.2, 0.25) is 0 Å². The molecule has 5 rings (SSSR count). The minimum absolute atomic E-state index is 0.270. The van der Waals surface area contributed by atoms with Crippen LogP contribution in [0.25, 0.3) is 0 Å². The molecule has 0 amide bonds. The van der Waals surface area contributed by atoms with E-state index in [0.717, 1.165) is 63.0 Å². The van der Waals surface area contributed by atoms with Crippen LogP contribution in [0.5, 0.6) is 11.5 Å². The molecule has 0 spiro atoms. The molecule has 2 fully saturated rings. The van der Waals surface area contributed by atoms with E-state index in [1.807, 2.05) is 25.1 Å². The Labute approximate surface area is 229 Å². The predicted octanol–water partition coefficient (Wildman–Crippen LogP) is 5.42. The Hall–Kier alpha value is -3.95. The second-order valence-electron chi connectivity index (χ2n) is 9.78. The zero-order chi connectivity index (χ0) is 26.9. The number of benzene rings is 2. The monoisotopic (exact) mass is 533 g/mol. The molecule has 0 unspecified atom stereocenters. The number of hydrogen-bond donors (Lipinski definition) is 1. The zero-order valence-corrected chi connectivity index (χ0v) is 22.5. The van der Waals surface area contributed by atoms with E-state index in [2.05, 4.69) is 30.3 Å². The van der Waals surface area contributed by atoms with E-state index in [1.54, 1.807) is 18.3 Å². The third-order valence-corrected chi connectivity index (χ3v) is 6.84. The molecule has 9 nitrogen and oxygen atoms in total. The lowest BCUT2D eigenvalue weighted by Crippen LogP contribution is -2.34. The summed E-state index contributed by atoms with van der Waals surface area (Å²) in [5.74, 6) is 2.82. The van der Waals surface area contributed by atoms with Crippen LogP contribution in [0.15, 0.2) is 47.6 Å². The topological polar surface area (TPSA) is 88.0 Å². The summed E-state index contributed by atoms with van der Waals surface area (Å²) in [6.45, 7) is 6.57. The van der Waals surface area contributed by atoms with Gasteiger partial charge in [0.25, 0.3) is 0 Å². The summed E-state index contributed by atoms with van der Waals surface area (Å²) < 4.78 is 24.9. The molecule has 206 valence electrons. The molecule has 0 atom stereocenters. The van der Waals surface area contributed by atoms with Gasteiger partial charge in [-0.2, -0.15) is 20.1 Å². The minimum atomic E-state index is -0.270. The average Bonchev–Trinajstić information content (AvgIpc) is 2.98. The van der Waals surface area contributed by atoms with Crippen molar-refractivity contribution in [2.75, 3.05) is 48.0 Å². The first-order valence-electron chi connectivity index (χ1n) is 13.9. The largest absolute Gasteiger partial charge is 0.490 e. The molecule has 1 N–H and O–H groups in total. The van der Waals surface area contributed by atoms with Gasteiger partial charge in [-0.05, 0) is 86.9 Å². The van der Waals surface area contributed by atoms with Crippen molar-refractivity contribution in [2.24, 2.45) is 5.10 Å². The Bertz CT molecular complexity index is 1210. The van der Waals surface area contributed by atoms with Gasteiger partial charge in [0.05, 0.1) is 12.8 Å². The van der Waals surface area contributed by atoms with Crippen molar-refractivity contribution in [1.29, 1.82) is 0 Å². The Morgan fingerprint density at radius 1 is 0.821 bits per heavy atom. The van der Waals surface area contributed by atoms with E-state index in [1.165, 1.54) is 25.0 Å². The molecule has 3 aromatic rings. The van der Waals surface area contributed by atoms with Crippen LogP contribution in [-0.2, 0) is 6.61 Å². The van der Waals surface area contributed by atoms with Crippen molar-refractivity contribution in [3.05, 3.63) is 59.4 Å². The number of rotatable bonds is 10. The molecule has 0 radical (unpaired) electrons. The molecule has 2 aliphatic heterocycles. The van der Waals surface area contributed by atoms with Gasteiger partial charge >= 0.3 is 0 Å². The van der Waals surface area contributed by atoms with Gasteiger partial charge in [0.2, 0.25) is 17.8 Å². The number of nitrogens with zero attached hydrogens (tertiary/aromatic N) is 6. The van der Waals surface area contributed by atoms with Gasteiger partial charge in [0.15, 0.2) is 11.5 Å². The van der Waals surface area contributed by atoms with Crippen molar-refractivity contribution in [3.8, 4) is 11.5 Å². The third kappa shape index (κ3) is 7.34. The molecule has 39 heavy (non-hydrogen) atoms. The SMILES string of the molecule is CCOc1cc(/C=N\Nc2nc(N3CCCCC3)nc(N3CCCCC3)n2)ccc1OCc1ccc(F)cc1. The normalized spacial score (nSPS) is 15.9. The van der Waals surface area contributed by atoms with E-state index in [9.17, 15) is 4.39 Å². The molecule has 0 bridgehead atoms. The molecule has 0 saturated carbocycles. The zero-order valence-electron chi connectivity index (χ0n) is 22.5. The first-order valence-corrected chi connectivity index (χ1v) is 13.9. The number of aromatic nitrogens is 3. The van der Waals surface area contributed by atoms with Crippen LogP contribution in [0.4, 0.5) is 22.2 Å². The number of anilines is 3. The smallest absolute Gasteiger partial charge is 0.250 e. The standard InChI is InChI=1S/C29H36FN7O2/c1-2-38-26-19-23(11-14-25(26)39-21-22-9-12-24(30)13-10-22)20-31-35-27-32-28(36-15-5-3-6-16-36)34-29(33-27)37-17-7-4-8-18-37/h9-14,19-20H,2-8,15-18,21H2,1H3,(H,32,33,34,35)/b31-20-. The van der Waals surface area contributed by atoms with Gasteiger partial charge in [-0.25, -0.2) is 9.82 Å². The maximum Gasteiger partial charge on any atom is 0.250 e. The molecule has 0 aliphatic carbocycles. The van der Waals surface area contributed by atoms with Gasteiger partial charge in [0, 0.05) is 26.2 Å². The number of hydrogen-bond acceptors (Lipinski definition) is 9. The van der Waals surface area contributed by atoms with E-state index < -0.39 is 0 Å². The molecular weight excluding hydrogens is 497 g/mol. The molecule has 1 aromatic heterocycles. The van der Waals surface area contributed by atoms with Gasteiger partial charge in [-0.1, -0.05) is 12.1 Å². The van der Waals surface area contributed by atoms with E-state index >= 15 is 0 Å². The van der Waals surface area contributed by atoms with Crippen molar-refractivity contribution in [3.63, 3.8) is 0 Å². The Morgan fingerprint density at radius 3 is 2.08 bits per heavy atom. The van der Waals surface area contributed by atoms with Crippen molar-refractivity contribution >= 4 is 24.1 Å². The maximum atomic E-state index is 13.2. The average molecular weight is 534 g/mol. The fourth-order valence-corrected chi connectivity index (χ4v) is 4.77. The molecule has 10 heteroatoms. The Kier molecular flexibility index (Phi) is 9.03. The molecule has 2 saturated heterocycles. The number of nitrogens with one attached hydrogen (secondary N) is 1. The summed E-state index contributed by atoms with van der Waals surface area (Å²) in [5, 5.41) is 4.42. The van der Waals surface area contributed by atoms with Gasteiger partial charge in [-0.15, -0.1) is 0 Å². The third-order valence-electron chi connectivity index (χ3n) is 6.84. The van der Waals surface area contributed by atoms with Crippen LogP contribution in [0.3, 0.4) is 0 Å². The van der Waals surface area contributed by atoms with Crippen LogP contribution >= 0.6 is 0 Å². The number of ether oxygens (including phenoxy) is 2. The first kappa shape index (κ1) is 26.6. The van der Waals surface area contributed by atoms with E-state index in [-0.39, 0.29) is 5.82 Å². The van der Waals surface area contributed by atoms with Crippen molar-refractivity contribution in [2.45, 2.75) is 52.1 Å². The van der Waals surface area contributed by atoms with Crippen molar-refractivity contribution < 1.29 is 13.9 Å². The molecular formula is C29H36FN7O2. The molecule has 2 aliphatic rings. The fourth-order valence-electron chi connectivity index (χ4n) is 4.77. The van der Waals surface area contributed by atoms with Crippen LogP contribution < -0.4 is 24.7 Å². The van der Waals surface area contributed by atoms with Crippen LogP contribution in [0, 0.1) is 5.82 Å². The highest BCUT2D eigenvalue weighted by Crippen LogP contribution is 2.29. The summed E-state index contributed by atoms with van der Waals surface area (Å²) in [7, 11) is 0. The Balaban J connectivity index is 1.29. The lowest BCUT2D eigenvalue weighted by Gasteiger charge is -2.30. The highest BCUT2D eigenvalue weighted by atomic mass is 19.1. The number of halogens is 1. The van der Waals surface area contributed by atoms with E-state index in [4.69, 9.17) is 14.5 Å². The fraction of sp³-hybridized carbons (Fsp3) is 0.448. The lowest BCUT2D eigenvalue weighted by molar-refractivity contribution is 0.269. The van der Waals surface area contributed by atoms with Crippen LogP contribution in [-0.4, -0.2) is 54.0 Å². The summed E-state index contributed by atoms with van der Waals surface area (Å²) in [4.78, 5) is 18.7. The van der Waals surface area contributed by atoms with Crippen molar-refractivity contribution in [1.82, 2.24) is 15.0 Å². The lowest BCUT2D eigenvalue weighted by atomic mass is 10.1. The number of piperidine rings is 2. The quantitative estimate of drug-likeness (QED) is 0.273. The minimum Gasteiger partial charge on any atom is -0.490 e. The summed E-state index contributed by atoms with van der Waals surface area (Å²) >= 11 is 0. The molecule has 3 heterocycles. The summed E-state index contributed by atoms with van der Waals surface area (Å²) in [5.41, 5.74) is 4.73. The van der Waals surface area contributed by atoms with Gasteiger partial charge < -0.3 is 19.3 Å². The van der Waals surface area contributed by atoms with Gasteiger partial charge in [0.1, 0.15) is 12.4 Å². The highest BCUT2D eigenvalue weighted by Gasteiger charge is 2.20. The summed E-state index contributed by atoms with van der Waals surface area (Å²) in [6.07, 6.45) is 8.80. The second kappa shape index (κ2) is 13.2. The summed E-state index contributed by atoms with van der Waals surface area (Å²) in [6, 6.07) is 11.9. The maximum absolute atomic E-state index is 13.2. The van der Waals surface area contributed by atoms with E-state index in [0.29, 0.717) is 42.6 Å². The van der Waals surface area contributed by atoms with Crippen LogP contribution in [0.1, 0.15) is 56.6 Å². The second-order valence-corrected chi connectivity index (χ2v) is 9.78. The molecule has 2 aromatic carbocycles. The Morgan fingerprint density at radius 2 is 1.46 bits per heavy atom. The van der Waals surface area contributed by atoms with Gasteiger partial charge in [-0.3, -0.25) is 0 Å². The number of hydrazone groups is 1. The first-order chi connectivity index (χ1) is 19.2.